The third kappa shape index (κ3) is 2.93. The van der Waals surface area contributed by atoms with E-state index in [1.807, 2.05) is 50.5 Å². The molecule has 0 aliphatic carbocycles. The van der Waals surface area contributed by atoms with Gasteiger partial charge in [-0.25, -0.2) is 0 Å². The number of nitrogens with zero attached hydrogens (tertiary/aromatic N) is 2. The number of aryl methyl sites for hydroxylation is 2. The first-order valence-corrected chi connectivity index (χ1v) is 5.48. The minimum atomic E-state index is -0.0735. The molecule has 0 bridgehead atoms. The molecule has 1 amide bonds. The zero-order valence-corrected chi connectivity index (χ0v) is 9.97. The summed E-state index contributed by atoms with van der Waals surface area (Å²) in [5, 5.41) is 7.03. The minimum absolute atomic E-state index is 0.0735. The largest absolute Gasteiger partial charge is 0.346 e. The Bertz CT molecular complexity index is 514. The molecule has 0 unspecified atom stereocenters. The van der Waals surface area contributed by atoms with E-state index in [0.29, 0.717) is 12.1 Å². The number of hydrogen-bond donors (Lipinski definition) is 1. The van der Waals surface area contributed by atoms with Gasteiger partial charge in [0.05, 0.1) is 12.2 Å². The lowest BCUT2D eigenvalue weighted by Gasteiger charge is -2.03. The van der Waals surface area contributed by atoms with Crippen molar-refractivity contribution in [3.05, 3.63) is 53.3 Å². The molecule has 0 aliphatic rings. The van der Waals surface area contributed by atoms with Crippen LogP contribution in [-0.2, 0) is 13.6 Å². The SMILES string of the molecule is Cc1ccc(C(=O)NCc2ccn(C)n2)cc1. The van der Waals surface area contributed by atoms with Crippen LogP contribution in [0.1, 0.15) is 21.6 Å². The number of nitrogens with one attached hydrogen (secondary N) is 1. The normalized spacial score (nSPS) is 10.2. The molecular weight excluding hydrogens is 214 g/mol. The van der Waals surface area contributed by atoms with Crippen LogP contribution in [0.3, 0.4) is 0 Å². The predicted molar refractivity (Wildman–Crippen MR) is 65.6 cm³/mol. The van der Waals surface area contributed by atoms with Crippen molar-refractivity contribution in [2.75, 3.05) is 0 Å². The van der Waals surface area contributed by atoms with Gasteiger partial charge < -0.3 is 5.32 Å². The minimum Gasteiger partial charge on any atom is -0.346 e. The molecule has 0 radical (unpaired) electrons. The zero-order valence-electron chi connectivity index (χ0n) is 9.97. The van der Waals surface area contributed by atoms with Gasteiger partial charge in [0.2, 0.25) is 0 Å². The third-order valence-corrected chi connectivity index (χ3v) is 2.51. The Hall–Kier alpha value is -2.10. The maximum absolute atomic E-state index is 11.8. The third-order valence-electron chi connectivity index (χ3n) is 2.51. The fraction of sp³-hybridized carbons (Fsp3) is 0.231. The van der Waals surface area contributed by atoms with E-state index in [1.54, 1.807) is 4.68 Å². The van der Waals surface area contributed by atoms with Crippen LogP contribution in [0.5, 0.6) is 0 Å². The molecule has 2 rings (SSSR count). The number of rotatable bonds is 3. The number of hydrogen-bond acceptors (Lipinski definition) is 2. The van der Waals surface area contributed by atoms with E-state index < -0.39 is 0 Å². The molecule has 4 heteroatoms. The lowest BCUT2D eigenvalue weighted by atomic mass is 10.1. The topological polar surface area (TPSA) is 46.9 Å². The molecule has 1 N–H and O–H groups in total. The lowest BCUT2D eigenvalue weighted by molar-refractivity contribution is 0.0950. The highest BCUT2D eigenvalue weighted by molar-refractivity contribution is 5.94. The van der Waals surface area contributed by atoms with E-state index in [9.17, 15) is 4.79 Å². The van der Waals surface area contributed by atoms with Gasteiger partial charge in [-0.15, -0.1) is 0 Å². The van der Waals surface area contributed by atoms with Crippen molar-refractivity contribution in [3.8, 4) is 0 Å². The predicted octanol–water partition coefficient (Wildman–Crippen LogP) is 1.66. The fourth-order valence-electron chi connectivity index (χ4n) is 1.54. The average molecular weight is 229 g/mol. The van der Waals surface area contributed by atoms with Crippen LogP contribution >= 0.6 is 0 Å². The number of amides is 1. The van der Waals surface area contributed by atoms with Crippen LogP contribution < -0.4 is 5.32 Å². The Morgan fingerprint density at radius 3 is 2.59 bits per heavy atom. The highest BCUT2D eigenvalue weighted by Crippen LogP contribution is 2.03. The highest BCUT2D eigenvalue weighted by atomic mass is 16.1. The molecule has 88 valence electrons. The van der Waals surface area contributed by atoms with Gasteiger partial charge in [-0.05, 0) is 25.1 Å². The second-order valence-corrected chi connectivity index (χ2v) is 4.03. The molecule has 1 aromatic heterocycles. The number of carbonyl (C=O) groups excluding carboxylic acids is 1. The van der Waals surface area contributed by atoms with E-state index in [1.165, 1.54) is 0 Å². The molecule has 0 fully saturated rings. The van der Waals surface area contributed by atoms with Crippen LogP contribution in [0.25, 0.3) is 0 Å². The summed E-state index contributed by atoms with van der Waals surface area (Å²) in [4.78, 5) is 11.8. The summed E-state index contributed by atoms with van der Waals surface area (Å²) in [5.74, 6) is -0.0735. The Balaban J connectivity index is 1.95. The van der Waals surface area contributed by atoms with Crippen molar-refractivity contribution in [1.29, 1.82) is 0 Å². The molecule has 0 atom stereocenters. The summed E-state index contributed by atoms with van der Waals surface area (Å²) in [7, 11) is 1.85. The van der Waals surface area contributed by atoms with Crippen LogP contribution in [-0.4, -0.2) is 15.7 Å². The maximum atomic E-state index is 11.8. The summed E-state index contributed by atoms with van der Waals surface area (Å²) < 4.78 is 1.72. The van der Waals surface area contributed by atoms with Gasteiger partial charge in [0.15, 0.2) is 0 Å². The summed E-state index contributed by atoms with van der Waals surface area (Å²) in [6.07, 6.45) is 1.85. The van der Waals surface area contributed by atoms with Crippen molar-refractivity contribution >= 4 is 5.91 Å². The number of aromatic nitrogens is 2. The van der Waals surface area contributed by atoms with E-state index in [0.717, 1.165) is 11.3 Å². The van der Waals surface area contributed by atoms with E-state index >= 15 is 0 Å². The zero-order chi connectivity index (χ0) is 12.3. The lowest BCUT2D eigenvalue weighted by Crippen LogP contribution is -2.23. The van der Waals surface area contributed by atoms with E-state index in [2.05, 4.69) is 10.4 Å². The van der Waals surface area contributed by atoms with Crippen molar-refractivity contribution in [2.45, 2.75) is 13.5 Å². The Labute approximate surface area is 100 Å². The van der Waals surface area contributed by atoms with Crippen LogP contribution in [0.4, 0.5) is 0 Å². The standard InChI is InChI=1S/C13H15N3O/c1-10-3-5-11(6-4-10)13(17)14-9-12-7-8-16(2)15-12/h3-8H,9H2,1-2H3,(H,14,17). The van der Waals surface area contributed by atoms with Crippen molar-refractivity contribution in [3.63, 3.8) is 0 Å². The van der Waals surface area contributed by atoms with Gasteiger partial charge in [-0.2, -0.15) is 5.10 Å². The second kappa shape index (κ2) is 4.82. The molecule has 0 saturated carbocycles. The first-order chi connectivity index (χ1) is 8.15. The molecule has 0 aliphatic heterocycles. The molecule has 2 aromatic rings. The van der Waals surface area contributed by atoms with Gasteiger partial charge in [-0.1, -0.05) is 17.7 Å². The average Bonchev–Trinajstić information content (AvgIpc) is 2.73. The van der Waals surface area contributed by atoms with Gasteiger partial charge in [0.25, 0.3) is 5.91 Å². The number of benzene rings is 1. The van der Waals surface area contributed by atoms with Gasteiger partial charge in [-0.3, -0.25) is 9.48 Å². The van der Waals surface area contributed by atoms with Crippen molar-refractivity contribution < 1.29 is 4.79 Å². The quantitative estimate of drug-likeness (QED) is 0.870. The first kappa shape index (κ1) is 11.4. The molecule has 0 spiro atoms. The first-order valence-electron chi connectivity index (χ1n) is 5.48. The smallest absolute Gasteiger partial charge is 0.251 e. The maximum Gasteiger partial charge on any atom is 0.251 e. The van der Waals surface area contributed by atoms with Crippen LogP contribution in [0, 0.1) is 6.92 Å². The van der Waals surface area contributed by atoms with Gasteiger partial charge in [0, 0.05) is 18.8 Å². The molecule has 4 nitrogen and oxygen atoms in total. The van der Waals surface area contributed by atoms with Gasteiger partial charge >= 0.3 is 0 Å². The van der Waals surface area contributed by atoms with E-state index in [-0.39, 0.29) is 5.91 Å². The Morgan fingerprint density at radius 2 is 2.00 bits per heavy atom. The molecule has 1 heterocycles. The molecule has 1 aromatic carbocycles. The molecule has 0 saturated heterocycles. The number of carbonyl (C=O) groups is 1. The highest BCUT2D eigenvalue weighted by Gasteiger charge is 2.05. The Kier molecular flexibility index (Phi) is 3.23. The summed E-state index contributed by atoms with van der Waals surface area (Å²) in [5.41, 5.74) is 2.67. The molecule has 17 heavy (non-hydrogen) atoms. The van der Waals surface area contributed by atoms with Crippen LogP contribution in [0.15, 0.2) is 36.5 Å². The van der Waals surface area contributed by atoms with Crippen LogP contribution in [0.2, 0.25) is 0 Å². The summed E-state index contributed by atoms with van der Waals surface area (Å²) in [6.45, 7) is 2.45. The summed E-state index contributed by atoms with van der Waals surface area (Å²) >= 11 is 0. The summed E-state index contributed by atoms with van der Waals surface area (Å²) in [6, 6.07) is 9.38. The van der Waals surface area contributed by atoms with Crippen molar-refractivity contribution in [2.24, 2.45) is 7.05 Å². The second-order valence-electron chi connectivity index (χ2n) is 4.03. The van der Waals surface area contributed by atoms with Crippen molar-refractivity contribution in [1.82, 2.24) is 15.1 Å². The monoisotopic (exact) mass is 229 g/mol. The van der Waals surface area contributed by atoms with E-state index in [4.69, 9.17) is 0 Å². The van der Waals surface area contributed by atoms with Gasteiger partial charge in [0.1, 0.15) is 0 Å². The molecular formula is C13H15N3O. The fourth-order valence-corrected chi connectivity index (χ4v) is 1.54. The Morgan fingerprint density at radius 1 is 1.29 bits per heavy atom.